The molecule has 0 bridgehead atoms. The zero-order valence-corrected chi connectivity index (χ0v) is 17.1. The van der Waals surface area contributed by atoms with E-state index >= 15 is 0 Å². The number of carboxylic acid groups (broad SMARTS) is 1. The van der Waals surface area contributed by atoms with Gasteiger partial charge in [0.1, 0.15) is 28.9 Å². The normalized spacial score (nSPS) is 15.1. The number of nitriles is 1. The molecule has 1 aromatic carbocycles. The first-order valence-electron chi connectivity index (χ1n) is 9.50. The van der Waals surface area contributed by atoms with Crippen LogP contribution in [-0.2, 0) is 0 Å². The highest BCUT2D eigenvalue weighted by molar-refractivity contribution is 5.65. The summed E-state index contributed by atoms with van der Waals surface area (Å²) in [5.41, 5.74) is 1.34. The van der Waals surface area contributed by atoms with E-state index in [4.69, 9.17) is 9.47 Å². The molecule has 1 fully saturated rings. The lowest BCUT2D eigenvalue weighted by Gasteiger charge is -2.15. The van der Waals surface area contributed by atoms with E-state index in [1.807, 2.05) is 6.92 Å². The highest BCUT2D eigenvalue weighted by atomic mass is 16.5. The van der Waals surface area contributed by atoms with Crippen LogP contribution in [0, 0.1) is 23.2 Å². The molecule has 9 heteroatoms. The Morgan fingerprint density at radius 2 is 2.00 bits per heavy atom. The van der Waals surface area contributed by atoms with Gasteiger partial charge in [-0.3, -0.25) is 0 Å². The Morgan fingerprint density at radius 3 is 2.53 bits per heavy atom. The predicted octanol–water partition coefficient (Wildman–Crippen LogP) is 2.53. The fourth-order valence-corrected chi connectivity index (χ4v) is 3.36. The van der Waals surface area contributed by atoms with Gasteiger partial charge in [0.15, 0.2) is 5.69 Å². The molecule has 2 aromatic rings. The second-order valence-corrected chi connectivity index (χ2v) is 6.68. The molecule has 1 atom stereocenters. The zero-order valence-electron chi connectivity index (χ0n) is 17.1. The van der Waals surface area contributed by atoms with Gasteiger partial charge in [0, 0.05) is 31.3 Å². The van der Waals surface area contributed by atoms with Crippen LogP contribution in [0.15, 0.2) is 18.2 Å². The highest BCUT2D eigenvalue weighted by Gasteiger charge is 2.31. The maximum Gasteiger partial charge on any atom is 0.407 e. The number of nitrogens with one attached hydrogen (secondary N) is 1. The van der Waals surface area contributed by atoms with Crippen LogP contribution in [0.3, 0.4) is 0 Å². The Morgan fingerprint density at radius 1 is 1.30 bits per heavy atom. The van der Waals surface area contributed by atoms with Crippen LogP contribution in [-0.4, -0.2) is 59.7 Å². The number of nitrogens with zero attached hydrogens (tertiary/aromatic N) is 4. The molecule has 9 nitrogen and oxygen atoms in total. The lowest BCUT2D eigenvalue weighted by molar-refractivity contribution is 0.154. The SMILES string of the molecule is CCNc1c(C#N)c(C#Cc2cc(OC)cc(OC)c2)nn1[C@H]1CCN(C(=O)O)C1. The Bertz CT molecular complexity index is 1020. The van der Waals surface area contributed by atoms with E-state index in [1.54, 1.807) is 37.1 Å². The Labute approximate surface area is 174 Å². The van der Waals surface area contributed by atoms with Crippen molar-refractivity contribution in [2.24, 2.45) is 0 Å². The summed E-state index contributed by atoms with van der Waals surface area (Å²) >= 11 is 0. The number of amides is 1. The summed E-state index contributed by atoms with van der Waals surface area (Å²) in [7, 11) is 3.12. The topological polar surface area (TPSA) is 113 Å². The Kier molecular flexibility index (Phi) is 6.33. The van der Waals surface area contributed by atoms with Crippen molar-refractivity contribution in [3.8, 4) is 29.4 Å². The molecular formula is C21H23N5O4. The Balaban J connectivity index is 2.00. The lowest BCUT2D eigenvalue weighted by atomic mass is 10.2. The van der Waals surface area contributed by atoms with Crippen LogP contribution in [0.5, 0.6) is 11.5 Å². The van der Waals surface area contributed by atoms with Crippen molar-refractivity contribution in [1.29, 1.82) is 5.26 Å². The van der Waals surface area contributed by atoms with Gasteiger partial charge in [0.25, 0.3) is 0 Å². The summed E-state index contributed by atoms with van der Waals surface area (Å²) < 4.78 is 12.2. The average Bonchev–Trinajstić information content (AvgIpc) is 3.37. The molecule has 156 valence electrons. The van der Waals surface area contributed by atoms with E-state index < -0.39 is 6.09 Å². The smallest absolute Gasteiger partial charge is 0.407 e. The van der Waals surface area contributed by atoms with Crippen LogP contribution in [0.1, 0.15) is 36.2 Å². The van der Waals surface area contributed by atoms with E-state index in [0.717, 1.165) is 0 Å². The number of anilines is 1. The van der Waals surface area contributed by atoms with Crippen molar-refractivity contribution >= 4 is 11.9 Å². The van der Waals surface area contributed by atoms with Crippen molar-refractivity contribution < 1.29 is 19.4 Å². The Hall–Kier alpha value is -3.85. The van der Waals surface area contributed by atoms with E-state index in [2.05, 4.69) is 28.3 Å². The van der Waals surface area contributed by atoms with Crippen molar-refractivity contribution in [2.75, 3.05) is 39.2 Å². The van der Waals surface area contributed by atoms with E-state index in [9.17, 15) is 15.2 Å². The van der Waals surface area contributed by atoms with Gasteiger partial charge < -0.3 is 24.8 Å². The number of benzene rings is 1. The molecule has 0 spiro atoms. The minimum absolute atomic E-state index is 0.158. The maximum atomic E-state index is 11.3. The summed E-state index contributed by atoms with van der Waals surface area (Å²) in [5, 5.41) is 26.7. The third kappa shape index (κ3) is 4.26. The molecule has 2 heterocycles. The van der Waals surface area contributed by atoms with Gasteiger partial charge in [-0.2, -0.15) is 10.4 Å². The molecule has 0 aliphatic carbocycles. The van der Waals surface area contributed by atoms with Crippen molar-refractivity contribution in [3.05, 3.63) is 35.0 Å². The number of ether oxygens (including phenoxy) is 2. The average molecular weight is 409 g/mol. The van der Waals surface area contributed by atoms with Gasteiger partial charge in [-0.15, -0.1) is 0 Å². The van der Waals surface area contributed by atoms with Gasteiger partial charge in [-0.25, -0.2) is 9.48 Å². The molecule has 2 N–H and O–H groups in total. The number of hydrogen-bond donors (Lipinski definition) is 2. The second kappa shape index (κ2) is 9.10. The van der Waals surface area contributed by atoms with Gasteiger partial charge in [-0.05, 0) is 31.4 Å². The van der Waals surface area contributed by atoms with Crippen molar-refractivity contribution in [3.63, 3.8) is 0 Å². The molecule has 0 radical (unpaired) electrons. The molecule has 0 unspecified atom stereocenters. The van der Waals surface area contributed by atoms with Gasteiger partial charge in [0.05, 0.1) is 20.3 Å². The molecule has 1 amide bonds. The summed E-state index contributed by atoms with van der Waals surface area (Å²) in [5.74, 6) is 7.77. The minimum Gasteiger partial charge on any atom is -0.497 e. The molecule has 0 saturated carbocycles. The second-order valence-electron chi connectivity index (χ2n) is 6.68. The summed E-state index contributed by atoms with van der Waals surface area (Å²) in [6.07, 6.45) is -0.334. The predicted molar refractivity (Wildman–Crippen MR) is 110 cm³/mol. The standard InChI is InChI=1S/C21H23N5O4/c1-4-23-20-18(12-22)19(24-26(20)15-7-8-25(13-15)21(27)28)6-5-14-9-16(29-2)11-17(10-14)30-3/h9-11,15,23H,4,7-8,13H2,1-3H3,(H,27,28)/t15-/m0/s1. The molecule has 1 aliphatic rings. The molecule has 30 heavy (non-hydrogen) atoms. The van der Waals surface area contributed by atoms with Gasteiger partial charge in [0.2, 0.25) is 0 Å². The van der Waals surface area contributed by atoms with Gasteiger partial charge in [-0.1, -0.05) is 5.92 Å². The minimum atomic E-state index is -0.956. The molecule has 1 saturated heterocycles. The third-order valence-electron chi connectivity index (χ3n) is 4.82. The number of carbonyl (C=O) groups is 1. The van der Waals surface area contributed by atoms with Crippen LogP contribution in [0.25, 0.3) is 0 Å². The fourth-order valence-electron chi connectivity index (χ4n) is 3.36. The van der Waals surface area contributed by atoms with Crippen LogP contribution < -0.4 is 14.8 Å². The number of hydrogen-bond acceptors (Lipinski definition) is 6. The third-order valence-corrected chi connectivity index (χ3v) is 4.82. The summed E-state index contributed by atoms with van der Waals surface area (Å²) in [6, 6.07) is 7.31. The van der Waals surface area contributed by atoms with Crippen LogP contribution >= 0.6 is 0 Å². The summed E-state index contributed by atoms with van der Waals surface area (Å²) in [4.78, 5) is 12.6. The molecule has 3 rings (SSSR count). The van der Waals surface area contributed by atoms with E-state index in [1.165, 1.54) is 4.90 Å². The van der Waals surface area contributed by atoms with Gasteiger partial charge >= 0.3 is 6.09 Å². The van der Waals surface area contributed by atoms with Crippen molar-refractivity contribution in [1.82, 2.24) is 14.7 Å². The molecule has 1 aromatic heterocycles. The zero-order chi connectivity index (χ0) is 21.7. The largest absolute Gasteiger partial charge is 0.497 e. The van der Waals surface area contributed by atoms with Crippen LogP contribution in [0.4, 0.5) is 10.6 Å². The highest BCUT2D eigenvalue weighted by Crippen LogP contribution is 2.29. The number of likely N-dealkylation sites (tertiary alicyclic amines) is 1. The van der Waals surface area contributed by atoms with E-state index in [-0.39, 0.29) is 6.04 Å². The first kappa shape index (κ1) is 20.9. The first-order chi connectivity index (χ1) is 14.5. The summed E-state index contributed by atoms with van der Waals surface area (Å²) in [6.45, 7) is 3.26. The van der Waals surface area contributed by atoms with Crippen LogP contribution in [0.2, 0.25) is 0 Å². The molecular weight excluding hydrogens is 386 g/mol. The van der Waals surface area contributed by atoms with E-state index in [0.29, 0.717) is 60.2 Å². The number of aromatic nitrogens is 2. The molecule has 1 aliphatic heterocycles. The quantitative estimate of drug-likeness (QED) is 0.730. The lowest BCUT2D eigenvalue weighted by Crippen LogP contribution is -2.27. The number of rotatable bonds is 5. The maximum absolute atomic E-state index is 11.3. The first-order valence-corrected chi connectivity index (χ1v) is 9.50. The van der Waals surface area contributed by atoms with Crippen molar-refractivity contribution in [2.45, 2.75) is 19.4 Å². The number of methoxy groups -OCH3 is 2. The monoisotopic (exact) mass is 409 g/mol. The fraction of sp³-hybridized carbons (Fsp3) is 0.381.